The van der Waals surface area contributed by atoms with Crippen LogP contribution in [-0.4, -0.2) is 23.7 Å². The van der Waals surface area contributed by atoms with E-state index in [-0.39, 0.29) is 13.1 Å². The number of hydrogen-bond donors (Lipinski definition) is 3. The van der Waals surface area contributed by atoms with Gasteiger partial charge in [0.15, 0.2) is 0 Å². The van der Waals surface area contributed by atoms with Crippen LogP contribution in [-0.2, 0) is 11.3 Å². The molecule has 0 saturated carbocycles. The molecule has 5 nitrogen and oxygen atoms in total. The Kier molecular flexibility index (Phi) is 5.10. The minimum absolute atomic E-state index is 0.0262. The molecule has 18 heavy (non-hydrogen) atoms. The lowest BCUT2D eigenvalue weighted by molar-refractivity contribution is -0.140. The number of amides is 2. The fourth-order valence-corrected chi connectivity index (χ4v) is 1.21. The van der Waals surface area contributed by atoms with E-state index in [9.17, 15) is 14.0 Å². The van der Waals surface area contributed by atoms with Crippen LogP contribution in [0.4, 0.5) is 9.18 Å². The Bertz CT molecular complexity index is 437. The summed E-state index contributed by atoms with van der Waals surface area (Å²) in [6.45, 7) is 1.57. The van der Waals surface area contributed by atoms with E-state index in [1.807, 2.05) is 0 Å². The molecular weight excluding hydrogens is 239 g/mol. The van der Waals surface area contributed by atoms with Gasteiger partial charge in [-0.25, -0.2) is 9.18 Å². The molecule has 0 aliphatic rings. The van der Waals surface area contributed by atoms with E-state index in [1.54, 1.807) is 18.2 Å². The zero-order valence-corrected chi connectivity index (χ0v) is 9.94. The van der Waals surface area contributed by atoms with Crippen molar-refractivity contribution in [1.82, 2.24) is 10.6 Å². The van der Waals surface area contributed by atoms with Gasteiger partial charge in [0.2, 0.25) is 0 Å². The fourth-order valence-electron chi connectivity index (χ4n) is 1.21. The van der Waals surface area contributed by atoms with Gasteiger partial charge < -0.3 is 15.7 Å². The second-order valence-electron chi connectivity index (χ2n) is 3.89. The third-order valence-corrected chi connectivity index (χ3v) is 2.39. The minimum atomic E-state index is -0.982. The molecule has 0 radical (unpaired) electrons. The quantitative estimate of drug-likeness (QED) is 0.742. The van der Waals surface area contributed by atoms with Gasteiger partial charge in [-0.15, -0.1) is 0 Å². The lowest BCUT2D eigenvalue weighted by Crippen LogP contribution is -2.39. The number of carboxylic acid groups (broad SMARTS) is 1. The normalized spacial score (nSPS) is 11.7. The van der Waals surface area contributed by atoms with Crippen molar-refractivity contribution in [3.8, 4) is 0 Å². The van der Waals surface area contributed by atoms with E-state index in [0.717, 1.165) is 0 Å². The molecule has 0 aliphatic heterocycles. The van der Waals surface area contributed by atoms with Crippen LogP contribution in [0, 0.1) is 11.7 Å². The molecule has 1 aromatic rings. The third-order valence-electron chi connectivity index (χ3n) is 2.39. The molecule has 1 unspecified atom stereocenters. The molecule has 0 heterocycles. The van der Waals surface area contributed by atoms with Crippen LogP contribution >= 0.6 is 0 Å². The summed E-state index contributed by atoms with van der Waals surface area (Å²) in [6.07, 6.45) is 0. The van der Waals surface area contributed by atoms with Crippen LogP contribution < -0.4 is 10.6 Å². The van der Waals surface area contributed by atoms with Crippen molar-refractivity contribution >= 4 is 12.0 Å². The van der Waals surface area contributed by atoms with Crippen molar-refractivity contribution in [2.24, 2.45) is 5.92 Å². The Morgan fingerprint density at radius 1 is 1.33 bits per heavy atom. The Hall–Kier alpha value is -2.11. The summed E-state index contributed by atoms with van der Waals surface area (Å²) < 4.78 is 13.2. The van der Waals surface area contributed by atoms with Crippen LogP contribution in [0.2, 0.25) is 0 Å². The molecule has 0 aliphatic carbocycles. The van der Waals surface area contributed by atoms with Crippen molar-refractivity contribution in [3.63, 3.8) is 0 Å². The summed E-state index contributed by atoms with van der Waals surface area (Å²) in [5.41, 5.74) is 0.374. The zero-order valence-electron chi connectivity index (χ0n) is 9.94. The van der Waals surface area contributed by atoms with Gasteiger partial charge in [0.25, 0.3) is 0 Å². The first-order valence-corrected chi connectivity index (χ1v) is 5.48. The smallest absolute Gasteiger partial charge is 0.315 e. The van der Waals surface area contributed by atoms with Gasteiger partial charge in [-0.3, -0.25) is 4.79 Å². The monoisotopic (exact) mass is 254 g/mol. The highest BCUT2D eigenvalue weighted by Crippen LogP contribution is 2.05. The molecular formula is C12H15FN2O3. The van der Waals surface area contributed by atoms with Crippen LogP contribution in [0.5, 0.6) is 0 Å². The Morgan fingerprint density at radius 3 is 2.61 bits per heavy atom. The number of hydrogen-bond acceptors (Lipinski definition) is 2. The first kappa shape index (κ1) is 14.0. The average Bonchev–Trinajstić information content (AvgIpc) is 2.34. The fraction of sp³-hybridized carbons (Fsp3) is 0.333. The highest BCUT2D eigenvalue weighted by Gasteiger charge is 2.12. The molecule has 0 bridgehead atoms. The molecule has 98 valence electrons. The lowest BCUT2D eigenvalue weighted by Gasteiger charge is -2.10. The van der Waals surface area contributed by atoms with E-state index in [0.29, 0.717) is 5.56 Å². The van der Waals surface area contributed by atoms with Crippen LogP contribution in [0.1, 0.15) is 12.5 Å². The van der Waals surface area contributed by atoms with Gasteiger partial charge in [0, 0.05) is 18.7 Å². The summed E-state index contributed by atoms with van der Waals surface area (Å²) >= 11 is 0. The van der Waals surface area contributed by atoms with Gasteiger partial charge >= 0.3 is 12.0 Å². The van der Waals surface area contributed by atoms with E-state index in [1.165, 1.54) is 13.0 Å². The zero-order chi connectivity index (χ0) is 13.5. The number of aliphatic carboxylic acids is 1. The number of benzene rings is 1. The second-order valence-corrected chi connectivity index (χ2v) is 3.89. The predicted octanol–water partition coefficient (Wildman–Crippen LogP) is 1.35. The van der Waals surface area contributed by atoms with E-state index < -0.39 is 23.7 Å². The molecule has 0 aromatic heterocycles. The number of carbonyl (C=O) groups is 2. The molecule has 1 rings (SSSR count). The molecule has 0 spiro atoms. The SMILES string of the molecule is CC(CNC(=O)NCc1ccccc1F)C(=O)O. The summed E-state index contributed by atoms with van der Waals surface area (Å²) in [6, 6.07) is 5.58. The van der Waals surface area contributed by atoms with Crippen molar-refractivity contribution in [2.75, 3.05) is 6.54 Å². The molecule has 0 fully saturated rings. The van der Waals surface area contributed by atoms with Gasteiger partial charge in [-0.2, -0.15) is 0 Å². The maximum absolute atomic E-state index is 13.2. The summed E-state index contributed by atoms with van der Waals surface area (Å²) in [4.78, 5) is 21.8. The molecule has 1 aromatic carbocycles. The van der Waals surface area contributed by atoms with Gasteiger partial charge in [0.05, 0.1) is 5.92 Å². The first-order valence-electron chi connectivity index (χ1n) is 5.48. The third kappa shape index (κ3) is 4.40. The van der Waals surface area contributed by atoms with Crippen molar-refractivity contribution < 1.29 is 19.1 Å². The number of carboxylic acids is 1. The van der Waals surface area contributed by atoms with Crippen molar-refractivity contribution in [1.29, 1.82) is 0 Å². The Labute approximate surface area is 104 Å². The Balaban J connectivity index is 2.34. The average molecular weight is 254 g/mol. The van der Waals surface area contributed by atoms with E-state index >= 15 is 0 Å². The molecule has 1 atom stereocenters. The number of halogens is 1. The van der Waals surface area contributed by atoms with Crippen LogP contribution in [0.3, 0.4) is 0 Å². The van der Waals surface area contributed by atoms with E-state index in [4.69, 9.17) is 5.11 Å². The topological polar surface area (TPSA) is 78.4 Å². The van der Waals surface area contributed by atoms with E-state index in [2.05, 4.69) is 10.6 Å². The minimum Gasteiger partial charge on any atom is -0.481 e. The maximum Gasteiger partial charge on any atom is 0.315 e. The molecule has 6 heteroatoms. The number of nitrogens with one attached hydrogen (secondary N) is 2. The van der Waals surface area contributed by atoms with Gasteiger partial charge in [0.1, 0.15) is 5.82 Å². The predicted molar refractivity (Wildman–Crippen MR) is 63.4 cm³/mol. The molecule has 3 N–H and O–H groups in total. The summed E-state index contributed by atoms with van der Waals surface area (Å²) in [7, 11) is 0. The maximum atomic E-state index is 13.2. The lowest BCUT2D eigenvalue weighted by atomic mass is 10.2. The van der Waals surface area contributed by atoms with Gasteiger partial charge in [-0.1, -0.05) is 25.1 Å². The molecule has 0 saturated heterocycles. The van der Waals surface area contributed by atoms with Gasteiger partial charge in [-0.05, 0) is 6.07 Å². The largest absolute Gasteiger partial charge is 0.481 e. The number of carbonyl (C=O) groups excluding carboxylic acids is 1. The number of urea groups is 1. The molecule has 2 amide bonds. The summed E-state index contributed by atoms with van der Waals surface area (Å²) in [5, 5.41) is 13.5. The first-order chi connectivity index (χ1) is 8.50. The highest BCUT2D eigenvalue weighted by molar-refractivity contribution is 5.75. The van der Waals surface area contributed by atoms with Crippen molar-refractivity contribution in [3.05, 3.63) is 35.6 Å². The van der Waals surface area contributed by atoms with Crippen LogP contribution in [0.15, 0.2) is 24.3 Å². The number of rotatable bonds is 5. The standard InChI is InChI=1S/C12H15FN2O3/c1-8(11(16)17)6-14-12(18)15-7-9-4-2-3-5-10(9)13/h2-5,8H,6-7H2,1H3,(H,16,17)(H2,14,15,18). The second kappa shape index (κ2) is 6.58. The van der Waals surface area contributed by atoms with Crippen molar-refractivity contribution in [2.45, 2.75) is 13.5 Å². The highest BCUT2D eigenvalue weighted by atomic mass is 19.1. The van der Waals surface area contributed by atoms with Crippen LogP contribution in [0.25, 0.3) is 0 Å². The summed E-state index contributed by atoms with van der Waals surface area (Å²) in [5.74, 6) is -2.04. The Morgan fingerprint density at radius 2 is 2.00 bits per heavy atom.